The molecule has 0 amide bonds. The van der Waals surface area contributed by atoms with Crippen LogP contribution in [-0.2, 0) is 6.61 Å². The molecule has 0 aliphatic rings. The maximum atomic E-state index is 10.8. The maximum absolute atomic E-state index is 10.8. The van der Waals surface area contributed by atoms with Gasteiger partial charge in [0.2, 0.25) is 0 Å². The second kappa shape index (κ2) is 5.21. The molecule has 0 aliphatic carbocycles. The minimum Gasteiger partial charge on any atom is -0.482 e. The average molecular weight is 263 g/mol. The van der Waals surface area contributed by atoms with Crippen LogP contribution in [0.1, 0.15) is 15.9 Å². The molecule has 0 aliphatic heterocycles. The van der Waals surface area contributed by atoms with Gasteiger partial charge in [-0.2, -0.15) is 0 Å². The van der Waals surface area contributed by atoms with E-state index in [9.17, 15) is 14.9 Å². The van der Waals surface area contributed by atoms with Crippen LogP contribution in [0.5, 0.6) is 5.75 Å². The Hall–Kier alpha value is -2.83. The Kier molecular flexibility index (Phi) is 3.46. The predicted molar refractivity (Wildman–Crippen MR) is 63.1 cm³/mol. The molecular weight excluding hydrogens is 254 g/mol. The topological polar surface area (TPSA) is 103 Å². The zero-order valence-electron chi connectivity index (χ0n) is 9.61. The lowest BCUT2D eigenvalue weighted by atomic mass is 10.2. The highest BCUT2D eigenvalue weighted by molar-refractivity contribution is 5.88. The van der Waals surface area contributed by atoms with Gasteiger partial charge in [0.15, 0.2) is 5.75 Å². The third-order valence-corrected chi connectivity index (χ3v) is 2.38. The number of ether oxygens (including phenoxy) is 1. The van der Waals surface area contributed by atoms with E-state index < -0.39 is 10.9 Å². The van der Waals surface area contributed by atoms with Gasteiger partial charge < -0.3 is 14.3 Å². The molecule has 1 aromatic heterocycles. The molecule has 98 valence electrons. The van der Waals surface area contributed by atoms with Gasteiger partial charge in [0.25, 0.3) is 0 Å². The van der Waals surface area contributed by atoms with E-state index in [4.69, 9.17) is 14.3 Å². The van der Waals surface area contributed by atoms with Gasteiger partial charge >= 0.3 is 11.7 Å². The second-order valence-corrected chi connectivity index (χ2v) is 3.67. The van der Waals surface area contributed by atoms with Crippen LogP contribution in [0, 0.1) is 10.1 Å². The van der Waals surface area contributed by atoms with Crippen LogP contribution in [0.25, 0.3) is 0 Å². The molecule has 7 nitrogen and oxygen atoms in total. The quantitative estimate of drug-likeness (QED) is 0.656. The number of hydrogen-bond donors (Lipinski definition) is 1. The van der Waals surface area contributed by atoms with Crippen LogP contribution >= 0.6 is 0 Å². The number of hydrogen-bond acceptors (Lipinski definition) is 5. The highest BCUT2D eigenvalue weighted by Crippen LogP contribution is 2.28. The van der Waals surface area contributed by atoms with Crippen molar-refractivity contribution in [1.82, 2.24) is 0 Å². The molecule has 1 aromatic carbocycles. The Morgan fingerprint density at radius 2 is 2.21 bits per heavy atom. The third kappa shape index (κ3) is 2.89. The molecule has 0 bridgehead atoms. The Morgan fingerprint density at radius 1 is 1.42 bits per heavy atom. The van der Waals surface area contributed by atoms with Crippen molar-refractivity contribution in [3.8, 4) is 5.75 Å². The number of carboxylic acid groups (broad SMARTS) is 1. The maximum Gasteiger partial charge on any atom is 0.335 e. The van der Waals surface area contributed by atoms with Crippen LogP contribution in [0.15, 0.2) is 41.2 Å². The molecule has 0 unspecified atom stereocenters. The highest BCUT2D eigenvalue weighted by atomic mass is 16.6. The van der Waals surface area contributed by atoms with Crippen LogP contribution in [0.2, 0.25) is 0 Å². The number of nitro benzene ring substituents is 1. The Labute approximate surface area is 107 Å². The Bertz CT molecular complexity index is 605. The van der Waals surface area contributed by atoms with Crippen LogP contribution in [0.3, 0.4) is 0 Å². The first-order valence-corrected chi connectivity index (χ1v) is 5.23. The Morgan fingerprint density at radius 3 is 2.79 bits per heavy atom. The molecule has 0 atom stereocenters. The number of carboxylic acids is 1. The molecule has 2 rings (SSSR count). The molecule has 1 N–H and O–H groups in total. The summed E-state index contributed by atoms with van der Waals surface area (Å²) in [5.41, 5.74) is 0.330. The summed E-state index contributed by atoms with van der Waals surface area (Å²) in [6.45, 7) is 0.0560. The van der Waals surface area contributed by atoms with E-state index in [1.54, 1.807) is 6.07 Å². The monoisotopic (exact) mass is 263 g/mol. The first-order valence-electron chi connectivity index (χ1n) is 5.23. The van der Waals surface area contributed by atoms with Crippen molar-refractivity contribution < 1.29 is 24.0 Å². The predicted octanol–water partition coefficient (Wildman–Crippen LogP) is 2.47. The van der Waals surface area contributed by atoms with Crippen LogP contribution in [0.4, 0.5) is 5.69 Å². The first kappa shape index (κ1) is 12.6. The summed E-state index contributed by atoms with van der Waals surface area (Å²) in [4.78, 5) is 21.0. The largest absolute Gasteiger partial charge is 0.482 e. The van der Waals surface area contributed by atoms with Crippen molar-refractivity contribution in [2.45, 2.75) is 6.61 Å². The fourth-order valence-corrected chi connectivity index (χ4v) is 1.45. The Balaban J connectivity index is 2.27. The number of benzene rings is 1. The molecule has 0 radical (unpaired) electrons. The lowest BCUT2D eigenvalue weighted by molar-refractivity contribution is -0.385. The van der Waals surface area contributed by atoms with E-state index >= 15 is 0 Å². The van der Waals surface area contributed by atoms with E-state index in [0.29, 0.717) is 5.56 Å². The summed E-state index contributed by atoms with van der Waals surface area (Å²) in [5.74, 6) is -1.27. The van der Waals surface area contributed by atoms with Gasteiger partial charge in [-0.15, -0.1) is 0 Å². The molecule has 1 heterocycles. The number of carbonyl (C=O) groups is 1. The van der Waals surface area contributed by atoms with Crippen molar-refractivity contribution in [3.63, 3.8) is 0 Å². The SMILES string of the molecule is O=C(O)c1ccc([N+](=O)[O-])c(OCc2ccoc2)c1. The van der Waals surface area contributed by atoms with Crippen LogP contribution < -0.4 is 4.74 Å². The normalized spacial score (nSPS) is 10.1. The van der Waals surface area contributed by atoms with Crippen molar-refractivity contribution in [1.29, 1.82) is 0 Å². The van der Waals surface area contributed by atoms with E-state index in [1.165, 1.54) is 12.5 Å². The second-order valence-electron chi connectivity index (χ2n) is 3.67. The summed E-state index contributed by atoms with van der Waals surface area (Å²) >= 11 is 0. The van der Waals surface area contributed by atoms with Crippen molar-refractivity contribution in [3.05, 3.63) is 58.0 Å². The summed E-state index contributed by atoms with van der Waals surface area (Å²) < 4.78 is 10.1. The molecule has 19 heavy (non-hydrogen) atoms. The zero-order valence-corrected chi connectivity index (χ0v) is 9.61. The first-order chi connectivity index (χ1) is 9.08. The fourth-order valence-electron chi connectivity index (χ4n) is 1.45. The molecule has 0 saturated heterocycles. The average Bonchev–Trinajstić information content (AvgIpc) is 2.88. The summed E-state index contributed by atoms with van der Waals surface area (Å²) in [6.07, 6.45) is 2.88. The fraction of sp³-hybridized carbons (Fsp3) is 0.0833. The number of nitro groups is 1. The smallest absolute Gasteiger partial charge is 0.335 e. The van der Waals surface area contributed by atoms with Gasteiger partial charge in [0.05, 0.1) is 23.0 Å². The van der Waals surface area contributed by atoms with E-state index in [-0.39, 0.29) is 23.6 Å². The van der Waals surface area contributed by atoms with Gasteiger partial charge in [-0.3, -0.25) is 10.1 Å². The number of rotatable bonds is 5. The zero-order chi connectivity index (χ0) is 13.8. The summed E-state index contributed by atoms with van der Waals surface area (Å²) in [5, 5.41) is 19.7. The number of aromatic carboxylic acids is 1. The van der Waals surface area contributed by atoms with Crippen LogP contribution in [-0.4, -0.2) is 16.0 Å². The lowest BCUT2D eigenvalue weighted by Gasteiger charge is -2.06. The third-order valence-electron chi connectivity index (χ3n) is 2.38. The lowest BCUT2D eigenvalue weighted by Crippen LogP contribution is -2.02. The minimum atomic E-state index is -1.18. The molecule has 2 aromatic rings. The molecule has 0 spiro atoms. The summed E-state index contributed by atoms with van der Waals surface area (Å²) in [7, 11) is 0. The minimum absolute atomic E-state index is 0.0560. The molecule has 0 fully saturated rings. The van der Waals surface area contributed by atoms with Gasteiger partial charge in [0, 0.05) is 17.7 Å². The van der Waals surface area contributed by atoms with Gasteiger partial charge in [-0.05, 0) is 12.1 Å². The van der Waals surface area contributed by atoms with Gasteiger partial charge in [-0.25, -0.2) is 4.79 Å². The van der Waals surface area contributed by atoms with E-state index in [1.807, 2.05) is 0 Å². The van der Waals surface area contributed by atoms with Gasteiger partial charge in [0.1, 0.15) is 6.61 Å². The molecular formula is C12H9NO6. The molecule has 7 heteroatoms. The molecule has 0 saturated carbocycles. The van der Waals surface area contributed by atoms with Crippen molar-refractivity contribution in [2.75, 3.05) is 0 Å². The van der Waals surface area contributed by atoms with E-state index in [2.05, 4.69) is 0 Å². The summed E-state index contributed by atoms with van der Waals surface area (Å²) in [6, 6.07) is 5.03. The van der Waals surface area contributed by atoms with Crippen molar-refractivity contribution in [2.24, 2.45) is 0 Å². The number of nitrogens with zero attached hydrogens (tertiary/aromatic N) is 1. The highest BCUT2D eigenvalue weighted by Gasteiger charge is 2.18. The van der Waals surface area contributed by atoms with E-state index in [0.717, 1.165) is 18.2 Å². The standard InChI is InChI=1S/C12H9NO6/c14-12(15)9-1-2-10(13(16)17)11(5-9)19-7-8-3-4-18-6-8/h1-6H,7H2,(H,14,15). The number of furan rings is 1. The van der Waals surface area contributed by atoms with Crippen molar-refractivity contribution >= 4 is 11.7 Å². The van der Waals surface area contributed by atoms with Gasteiger partial charge in [-0.1, -0.05) is 0 Å².